The number of aryl methyl sites for hydroxylation is 1. The van der Waals surface area contributed by atoms with Crippen LogP contribution in [0.5, 0.6) is 5.75 Å². The van der Waals surface area contributed by atoms with E-state index < -0.39 is 13.0 Å². The van der Waals surface area contributed by atoms with Crippen molar-refractivity contribution >= 4 is 5.78 Å². The lowest BCUT2D eigenvalue weighted by molar-refractivity contribution is 0.0818. The molecule has 0 bridgehead atoms. The van der Waals surface area contributed by atoms with Crippen LogP contribution in [-0.2, 0) is 0 Å². The van der Waals surface area contributed by atoms with Crippen LogP contribution < -0.4 is 4.74 Å². The minimum Gasteiger partial charge on any atom is -0.496 e. The van der Waals surface area contributed by atoms with Crippen molar-refractivity contribution in [3.8, 4) is 5.75 Å². The highest BCUT2D eigenvalue weighted by atomic mass is 19.3. The molecule has 0 amide bonds. The van der Waals surface area contributed by atoms with Crippen LogP contribution in [0.1, 0.15) is 15.9 Å². The van der Waals surface area contributed by atoms with Crippen LogP contribution in [0.4, 0.5) is 8.78 Å². The van der Waals surface area contributed by atoms with Crippen LogP contribution in [0.15, 0.2) is 18.2 Å². The zero-order chi connectivity index (χ0) is 13.7. The molecule has 100 valence electrons. The fraction of sp³-hybridized carbons (Fsp3) is 0.462. The summed E-state index contributed by atoms with van der Waals surface area (Å²) in [6.07, 6.45) is -2.44. The van der Waals surface area contributed by atoms with Gasteiger partial charge in [-0.1, -0.05) is 6.07 Å². The molecule has 0 fully saturated rings. The SMILES string of the molecule is COc1cc(C)ccc1C(=O)CN(C)CC(F)F. The Bertz CT molecular complexity index is 421. The highest BCUT2D eigenvalue weighted by molar-refractivity contribution is 6.00. The summed E-state index contributed by atoms with van der Waals surface area (Å²) >= 11 is 0. The summed E-state index contributed by atoms with van der Waals surface area (Å²) in [6.45, 7) is 1.42. The number of alkyl halides is 2. The zero-order valence-corrected chi connectivity index (χ0v) is 10.7. The van der Waals surface area contributed by atoms with Crippen molar-refractivity contribution < 1.29 is 18.3 Å². The standard InChI is InChI=1S/C13H17F2NO2/c1-9-4-5-10(12(6-9)18-3)11(17)7-16(2)8-13(14)15/h4-6,13H,7-8H2,1-3H3. The Morgan fingerprint density at radius 1 is 1.44 bits per heavy atom. The maximum absolute atomic E-state index is 12.2. The summed E-state index contributed by atoms with van der Waals surface area (Å²) in [5.41, 5.74) is 1.40. The van der Waals surface area contributed by atoms with Gasteiger partial charge in [-0.3, -0.25) is 9.69 Å². The number of ketones is 1. The lowest BCUT2D eigenvalue weighted by Gasteiger charge is -2.16. The van der Waals surface area contributed by atoms with Crippen molar-refractivity contribution in [3.63, 3.8) is 0 Å². The number of benzene rings is 1. The molecule has 18 heavy (non-hydrogen) atoms. The molecule has 0 heterocycles. The largest absolute Gasteiger partial charge is 0.496 e. The van der Waals surface area contributed by atoms with E-state index in [9.17, 15) is 13.6 Å². The third kappa shape index (κ3) is 4.07. The molecule has 0 saturated heterocycles. The Labute approximate surface area is 105 Å². The average molecular weight is 257 g/mol. The molecular formula is C13H17F2NO2. The predicted octanol–water partition coefficient (Wildman–Crippen LogP) is 2.38. The minimum atomic E-state index is -2.44. The first kappa shape index (κ1) is 14.6. The van der Waals surface area contributed by atoms with Gasteiger partial charge in [0.15, 0.2) is 5.78 Å². The van der Waals surface area contributed by atoms with Gasteiger partial charge >= 0.3 is 0 Å². The second-order valence-corrected chi connectivity index (χ2v) is 4.21. The molecule has 0 aliphatic heterocycles. The molecule has 1 aromatic rings. The topological polar surface area (TPSA) is 29.5 Å². The Kier molecular flexibility index (Phi) is 5.22. The molecule has 3 nitrogen and oxygen atoms in total. The molecule has 0 saturated carbocycles. The van der Waals surface area contributed by atoms with E-state index in [2.05, 4.69) is 0 Å². The summed E-state index contributed by atoms with van der Waals surface area (Å²) in [5.74, 6) is 0.250. The fourth-order valence-corrected chi connectivity index (χ4v) is 1.66. The van der Waals surface area contributed by atoms with Crippen LogP contribution in [-0.4, -0.2) is 44.4 Å². The smallest absolute Gasteiger partial charge is 0.251 e. The number of hydrogen-bond donors (Lipinski definition) is 0. The molecule has 0 radical (unpaired) electrons. The monoisotopic (exact) mass is 257 g/mol. The predicted molar refractivity (Wildman–Crippen MR) is 65.6 cm³/mol. The Hall–Kier alpha value is -1.49. The minimum absolute atomic E-state index is 0.0518. The quantitative estimate of drug-likeness (QED) is 0.733. The third-order valence-corrected chi connectivity index (χ3v) is 2.52. The maximum Gasteiger partial charge on any atom is 0.251 e. The van der Waals surface area contributed by atoms with Crippen LogP contribution in [0.2, 0.25) is 0 Å². The van der Waals surface area contributed by atoms with E-state index in [1.165, 1.54) is 19.1 Å². The van der Waals surface area contributed by atoms with E-state index in [4.69, 9.17) is 4.74 Å². The number of Topliss-reactive ketones (excluding diaryl/α,β-unsaturated/α-hetero) is 1. The van der Waals surface area contributed by atoms with Crippen LogP contribution in [0.25, 0.3) is 0 Å². The van der Waals surface area contributed by atoms with Gasteiger partial charge in [0, 0.05) is 0 Å². The molecule has 0 spiro atoms. The average Bonchev–Trinajstić information content (AvgIpc) is 2.27. The van der Waals surface area contributed by atoms with Gasteiger partial charge in [-0.2, -0.15) is 0 Å². The summed E-state index contributed by atoms with van der Waals surface area (Å²) in [5, 5.41) is 0. The first-order valence-electron chi connectivity index (χ1n) is 5.58. The molecule has 1 aromatic carbocycles. The molecule has 0 aliphatic carbocycles. The number of carbonyl (C=O) groups excluding carboxylic acids is 1. The second kappa shape index (κ2) is 6.44. The van der Waals surface area contributed by atoms with E-state index in [0.29, 0.717) is 11.3 Å². The number of nitrogens with zero attached hydrogens (tertiary/aromatic N) is 1. The van der Waals surface area contributed by atoms with Gasteiger partial charge in [0.25, 0.3) is 6.43 Å². The van der Waals surface area contributed by atoms with Gasteiger partial charge in [0.1, 0.15) is 5.75 Å². The second-order valence-electron chi connectivity index (χ2n) is 4.21. The summed E-state index contributed by atoms with van der Waals surface area (Å²) in [6, 6.07) is 5.20. The Morgan fingerprint density at radius 2 is 2.11 bits per heavy atom. The van der Waals surface area contributed by atoms with Crippen molar-refractivity contribution in [2.45, 2.75) is 13.3 Å². The van der Waals surface area contributed by atoms with E-state index >= 15 is 0 Å². The normalized spacial score (nSPS) is 11.1. The van der Waals surface area contributed by atoms with Crippen LogP contribution in [0, 0.1) is 6.92 Å². The third-order valence-electron chi connectivity index (χ3n) is 2.52. The van der Waals surface area contributed by atoms with E-state index in [1.807, 2.05) is 6.92 Å². The van der Waals surface area contributed by atoms with E-state index in [-0.39, 0.29) is 12.3 Å². The van der Waals surface area contributed by atoms with Crippen molar-refractivity contribution in [2.75, 3.05) is 27.2 Å². The number of likely N-dealkylation sites (N-methyl/N-ethyl adjacent to an activating group) is 1. The summed E-state index contributed by atoms with van der Waals surface area (Å²) in [7, 11) is 2.97. The van der Waals surface area contributed by atoms with Gasteiger partial charge in [-0.15, -0.1) is 0 Å². The summed E-state index contributed by atoms with van der Waals surface area (Å²) < 4.78 is 29.4. The molecule has 5 heteroatoms. The fourth-order valence-electron chi connectivity index (χ4n) is 1.66. The highest BCUT2D eigenvalue weighted by Crippen LogP contribution is 2.20. The van der Waals surface area contributed by atoms with Gasteiger partial charge in [0.2, 0.25) is 0 Å². The van der Waals surface area contributed by atoms with Crippen molar-refractivity contribution in [1.82, 2.24) is 4.90 Å². The zero-order valence-electron chi connectivity index (χ0n) is 10.7. The summed E-state index contributed by atoms with van der Waals surface area (Å²) in [4.78, 5) is 13.3. The molecule has 0 unspecified atom stereocenters. The first-order valence-corrected chi connectivity index (χ1v) is 5.58. The molecule has 0 N–H and O–H groups in total. The number of hydrogen-bond acceptors (Lipinski definition) is 3. The van der Waals surface area contributed by atoms with Gasteiger partial charge < -0.3 is 4.74 Å². The van der Waals surface area contributed by atoms with Crippen molar-refractivity contribution in [3.05, 3.63) is 29.3 Å². The maximum atomic E-state index is 12.2. The number of carbonyl (C=O) groups is 1. The van der Waals surface area contributed by atoms with Gasteiger partial charge in [0.05, 0.1) is 25.8 Å². The Balaban J connectivity index is 2.78. The highest BCUT2D eigenvalue weighted by Gasteiger charge is 2.16. The lowest BCUT2D eigenvalue weighted by Crippen LogP contribution is -2.30. The van der Waals surface area contributed by atoms with Gasteiger partial charge in [-0.05, 0) is 31.7 Å². The molecule has 0 aliphatic rings. The number of ether oxygens (including phenoxy) is 1. The van der Waals surface area contributed by atoms with Gasteiger partial charge in [-0.25, -0.2) is 8.78 Å². The van der Waals surface area contributed by atoms with E-state index in [1.54, 1.807) is 18.2 Å². The number of halogens is 2. The Morgan fingerprint density at radius 3 is 2.67 bits per heavy atom. The van der Waals surface area contributed by atoms with Crippen molar-refractivity contribution in [1.29, 1.82) is 0 Å². The molecule has 0 aromatic heterocycles. The lowest BCUT2D eigenvalue weighted by atomic mass is 10.1. The number of methoxy groups -OCH3 is 1. The number of rotatable bonds is 6. The van der Waals surface area contributed by atoms with Crippen LogP contribution in [0.3, 0.4) is 0 Å². The van der Waals surface area contributed by atoms with Crippen LogP contribution >= 0.6 is 0 Å². The first-order chi connectivity index (χ1) is 8.43. The molecule has 1 rings (SSSR count). The van der Waals surface area contributed by atoms with E-state index in [0.717, 1.165) is 5.56 Å². The van der Waals surface area contributed by atoms with Crippen molar-refractivity contribution in [2.24, 2.45) is 0 Å². The molecule has 0 atom stereocenters. The molecular weight excluding hydrogens is 240 g/mol.